The first-order valence-electron chi connectivity index (χ1n) is 8.36. The lowest BCUT2D eigenvalue weighted by atomic mass is 10.0. The molecule has 0 unspecified atom stereocenters. The molecule has 7 heteroatoms. The fraction of sp³-hybridized carbons (Fsp3) is 0.444. The van der Waals surface area contributed by atoms with E-state index in [9.17, 15) is 4.79 Å². The lowest BCUT2D eigenvalue weighted by Gasteiger charge is -2.32. The number of benzene rings is 1. The third-order valence-corrected chi connectivity index (χ3v) is 4.43. The van der Waals surface area contributed by atoms with E-state index < -0.39 is 0 Å². The smallest absolute Gasteiger partial charge is 0.274 e. The van der Waals surface area contributed by atoms with Crippen LogP contribution in [0.15, 0.2) is 30.7 Å². The lowest BCUT2D eigenvalue weighted by Crippen LogP contribution is -2.42. The normalized spacial score (nSPS) is 15.1. The maximum Gasteiger partial charge on any atom is 0.274 e. The molecule has 0 saturated carbocycles. The van der Waals surface area contributed by atoms with E-state index in [0.717, 1.165) is 30.0 Å². The number of anilines is 1. The van der Waals surface area contributed by atoms with Crippen LogP contribution in [0.2, 0.25) is 0 Å². The highest BCUT2D eigenvalue weighted by molar-refractivity contribution is 5.92. The first-order valence-corrected chi connectivity index (χ1v) is 8.36. The summed E-state index contributed by atoms with van der Waals surface area (Å²) < 4.78 is 12.4. The Kier molecular flexibility index (Phi) is 5.11. The van der Waals surface area contributed by atoms with Crippen LogP contribution in [0.1, 0.15) is 23.3 Å². The molecule has 1 aromatic heterocycles. The van der Waals surface area contributed by atoms with E-state index >= 15 is 0 Å². The molecule has 0 atom stereocenters. The Bertz CT molecular complexity index is 713. The van der Waals surface area contributed by atoms with Gasteiger partial charge in [0, 0.05) is 56.3 Å². The molecule has 0 bridgehead atoms. The van der Waals surface area contributed by atoms with Crippen LogP contribution in [0, 0.1) is 0 Å². The number of hydrogen-bond donors (Lipinski definition) is 1. The molecule has 25 heavy (non-hydrogen) atoms. The third kappa shape index (κ3) is 4.04. The van der Waals surface area contributed by atoms with Gasteiger partial charge >= 0.3 is 0 Å². The number of aromatic nitrogens is 2. The Hall–Kier alpha value is -2.70. The highest BCUT2D eigenvalue weighted by Crippen LogP contribution is 2.27. The summed E-state index contributed by atoms with van der Waals surface area (Å²) in [5.41, 5.74) is 1.47. The van der Waals surface area contributed by atoms with Gasteiger partial charge in [-0.2, -0.15) is 0 Å². The van der Waals surface area contributed by atoms with Gasteiger partial charge in [0.1, 0.15) is 17.2 Å². The zero-order valence-corrected chi connectivity index (χ0v) is 14.9. The summed E-state index contributed by atoms with van der Waals surface area (Å²) in [7, 11) is 5.14. The van der Waals surface area contributed by atoms with Crippen molar-refractivity contribution in [2.24, 2.45) is 7.05 Å². The Morgan fingerprint density at radius 2 is 1.80 bits per heavy atom. The number of piperidine rings is 1. The number of nitrogens with zero attached hydrogens (tertiary/aromatic N) is 3. The van der Waals surface area contributed by atoms with Crippen molar-refractivity contribution in [2.45, 2.75) is 18.9 Å². The zero-order valence-electron chi connectivity index (χ0n) is 14.9. The van der Waals surface area contributed by atoms with Gasteiger partial charge < -0.3 is 24.3 Å². The van der Waals surface area contributed by atoms with Crippen molar-refractivity contribution in [3.05, 3.63) is 36.4 Å². The maximum absolute atomic E-state index is 12.4. The number of hydrogen-bond acceptors (Lipinski definition) is 5. The van der Waals surface area contributed by atoms with E-state index in [1.165, 1.54) is 0 Å². The van der Waals surface area contributed by atoms with E-state index in [4.69, 9.17) is 9.47 Å². The van der Waals surface area contributed by atoms with E-state index in [-0.39, 0.29) is 5.91 Å². The van der Waals surface area contributed by atoms with Gasteiger partial charge in [-0.15, -0.1) is 0 Å². The summed E-state index contributed by atoms with van der Waals surface area (Å²) >= 11 is 0. The minimum Gasteiger partial charge on any atom is -0.497 e. The standard InChI is InChI=1S/C18H24N4O3/c1-21-11-17(19-12-21)18(23)22-6-4-13(5-7-22)20-14-8-15(24-2)10-16(9-14)25-3/h8-13,20H,4-7H2,1-3H3. The Balaban J connectivity index is 1.58. The van der Waals surface area contributed by atoms with Gasteiger partial charge in [0.2, 0.25) is 0 Å². The molecule has 1 saturated heterocycles. The zero-order chi connectivity index (χ0) is 17.8. The van der Waals surface area contributed by atoms with E-state index in [2.05, 4.69) is 10.3 Å². The quantitative estimate of drug-likeness (QED) is 0.900. The number of carbonyl (C=O) groups excluding carboxylic acids is 1. The Morgan fingerprint density at radius 3 is 2.32 bits per heavy atom. The number of imidazole rings is 1. The molecule has 134 valence electrons. The van der Waals surface area contributed by atoms with Crippen LogP contribution in [-0.4, -0.2) is 53.7 Å². The predicted octanol–water partition coefficient (Wildman–Crippen LogP) is 2.15. The number of carbonyl (C=O) groups is 1. The van der Waals surface area contributed by atoms with Crippen molar-refractivity contribution in [2.75, 3.05) is 32.6 Å². The monoisotopic (exact) mass is 344 g/mol. The van der Waals surface area contributed by atoms with Crippen molar-refractivity contribution in [3.8, 4) is 11.5 Å². The molecule has 3 rings (SSSR count). The summed E-state index contributed by atoms with van der Waals surface area (Å²) in [4.78, 5) is 18.5. The Morgan fingerprint density at radius 1 is 1.16 bits per heavy atom. The van der Waals surface area contributed by atoms with E-state index in [1.54, 1.807) is 31.3 Å². The van der Waals surface area contributed by atoms with Gasteiger partial charge in [-0.05, 0) is 12.8 Å². The third-order valence-electron chi connectivity index (χ3n) is 4.43. The molecular formula is C18H24N4O3. The Labute approximate surface area is 147 Å². The predicted molar refractivity (Wildman–Crippen MR) is 95.3 cm³/mol. The lowest BCUT2D eigenvalue weighted by molar-refractivity contribution is 0.0713. The molecule has 0 radical (unpaired) electrons. The van der Waals surface area contributed by atoms with Crippen LogP contribution in [0.3, 0.4) is 0 Å². The number of methoxy groups -OCH3 is 2. The molecule has 2 heterocycles. The molecule has 7 nitrogen and oxygen atoms in total. The van der Waals surface area contributed by atoms with Gasteiger partial charge in [0.15, 0.2) is 0 Å². The fourth-order valence-electron chi connectivity index (χ4n) is 3.04. The fourth-order valence-corrected chi connectivity index (χ4v) is 3.04. The number of likely N-dealkylation sites (tertiary alicyclic amines) is 1. The SMILES string of the molecule is COc1cc(NC2CCN(C(=O)c3cn(C)cn3)CC2)cc(OC)c1. The van der Waals surface area contributed by atoms with Crippen LogP contribution in [0.4, 0.5) is 5.69 Å². The average Bonchev–Trinajstić information content (AvgIpc) is 3.07. The molecule has 1 aliphatic heterocycles. The molecular weight excluding hydrogens is 320 g/mol. The van der Waals surface area contributed by atoms with Crippen molar-refractivity contribution in [1.82, 2.24) is 14.5 Å². The second-order valence-electron chi connectivity index (χ2n) is 6.24. The van der Waals surface area contributed by atoms with Crippen LogP contribution in [0.5, 0.6) is 11.5 Å². The minimum atomic E-state index is 0.00194. The van der Waals surface area contributed by atoms with E-state index in [1.807, 2.05) is 30.1 Å². The number of amides is 1. The highest BCUT2D eigenvalue weighted by Gasteiger charge is 2.24. The molecule has 1 aromatic carbocycles. The molecule has 0 aliphatic carbocycles. The van der Waals surface area contributed by atoms with Crippen molar-refractivity contribution in [1.29, 1.82) is 0 Å². The largest absolute Gasteiger partial charge is 0.497 e. The molecule has 0 spiro atoms. The van der Waals surface area contributed by atoms with Gasteiger partial charge in [-0.3, -0.25) is 4.79 Å². The van der Waals surface area contributed by atoms with Crippen LogP contribution >= 0.6 is 0 Å². The van der Waals surface area contributed by atoms with Gasteiger partial charge in [0.05, 0.1) is 20.5 Å². The number of rotatable bonds is 5. The second-order valence-corrected chi connectivity index (χ2v) is 6.24. The van der Waals surface area contributed by atoms with Gasteiger partial charge in [-0.25, -0.2) is 4.98 Å². The summed E-state index contributed by atoms with van der Waals surface area (Å²) in [6, 6.07) is 6.06. The van der Waals surface area contributed by atoms with Crippen LogP contribution in [-0.2, 0) is 7.05 Å². The summed E-state index contributed by atoms with van der Waals surface area (Å²) in [5, 5.41) is 3.52. The molecule has 1 aliphatic rings. The van der Waals surface area contributed by atoms with Crippen LogP contribution in [0.25, 0.3) is 0 Å². The molecule has 2 aromatic rings. The minimum absolute atomic E-state index is 0.00194. The van der Waals surface area contributed by atoms with Gasteiger partial charge in [-0.1, -0.05) is 0 Å². The first kappa shape index (κ1) is 17.1. The van der Waals surface area contributed by atoms with Crippen molar-refractivity contribution >= 4 is 11.6 Å². The molecule has 1 amide bonds. The number of nitrogens with one attached hydrogen (secondary N) is 1. The summed E-state index contributed by atoms with van der Waals surface area (Å²) in [6.07, 6.45) is 5.18. The molecule has 1 N–H and O–H groups in total. The summed E-state index contributed by atoms with van der Waals surface area (Å²) in [5.74, 6) is 1.51. The average molecular weight is 344 g/mol. The highest BCUT2D eigenvalue weighted by atomic mass is 16.5. The van der Waals surface area contributed by atoms with E-state index in [0.29, 0.717) is 24.8 Å². The van der Waals surface area contributed by atoms with Gasteiger partial charge in [0.25, 0.3) is 5.91 Å². The number of ether oxygens (including phenoxy) is 2. The molecule has 1 fully saturated rings. The topological polar surface area (TPSA) is 68.6 Å². The second kappa shape index (κ2) is 7.46. The van der Waals surface area contributed by atoms with Crippen molar-refractivity contribution in [3.63, 3.8) is 0 Å². The van der Waals surface area contributed by atoms with Crippen LogP contribution < -0.4 is 14.8 Å². The first-order chi connectivity index (χ1) is 12.1. The van der Waals surface area contributed by atoms with Crippen molar-refractivity contribution < 1.29 is 14.3 Å². The number of aryl methyl sites for hydroxylation is 1. The summed E-state index contributed by atoms with van der Waals surface area (Å²) in [6.45, 7) is 1.43. The maximum atomic E-state index is 12.4.